The molecule has 0 heterocycles. The van der Waals surface area contributed by atoms with E-state index in [2.05, 4.69) is 64.1 Å². The van der Waals surface area contributed by atoms with Crippen molar-refractivity contribution >= 4 is 90.7 Å². The molecule has 4 aromatic carbocycles. The second kappa shape index (κ2) is 41.8. The van der Waals surface area contributed by atoms with Crippen LogP contribution in [0.4, 0.5) is 0 Å². The first-order valence-corrected chi connectivity index (χ1v) is 32.8. The van der Waals surface area contributed by atoms with Crippen molar-refractivity contribution in [2.45, 2.75) is 294 Å². The maximum absolute atomic E-state index is 12.0. The summed E-state index contributed by atoms with van der Waals surface area (Å²) >= 11 is 0. The van der Waals surface area contributed by atoms with Crippen molar-refractivity contribution in [3.63, 3.8) is 0 Å². The third-order valence-electron chi connectivity index (χ3n) is 15.0. The summed E-state index contributed by atoms with van der Waals surface area (Å²) in [5.41, 5.74) is 4.05. The minimum absolute atomic E-state index is 0. The number of unbranched alkanes of at least 4 members (excludes halogenated alkanes) is 32. The molecule has 0 bridgehead atoms. The molecule has 0 radical (unpaired) electrons. The molecule has 0 aliphatic rings. The molecular weight excluding hydrogens is 1070 g/mol. The molecule has 73 heavy (non-hydrogen) atoms. The van der Waals surface area contributed by atoms with Crippen LogP contribution < -0.4 is 0 Å². The molecule has 0 spiro atoms. The Morgan fingerprint density at radius 1 is 0.301 bits per heavy atom. The molecule has 0 atom stereocenters. The Morgan fingerprint density at radius 3 is 0.781 bits per heavy atom. The fourth-order valence-electron chi connectivity index (χ4n) is 10.6. The number of fused-ring (bicyclic) bond motifs is 2. The monoisotopic (exact) mass is 1170 g/mol. The average molecular weight is 1170 g/mol. The van der Waals surface area contributed by atoms with Gasteiger partial charge in [0.25, 0.3) is 0 Å². The Labute approximate surface area is 489 Å². The van der Waals surface area contributed by atoms with Gasteiger partial charge < -0.3 is 9.11 Å². The van der Waals surface area contributed by atoms with Gasteiger partial charge in [0.05, 0.1) is 9.79 Å². The molecule has 0 N–H and O–H groups in total. The summed E-state index contributed by atoms with van der Waals surface area (Å²) in [5.74, 6) is 0. The molecule has 0 aliphatic heterocycles. The molecule has 0 saturated heterocycles. The Kier molecular flexibility index (Phi) is 38.9. The molecule has 6 nitrogen and oxygen atoms in total. The molecule has 9 heteroatoms. The minimum Gasteiger partial charge on any atom is -0.744 e. The molecule has 0 fully saturated rings. The van der Waals surface area contributed by atoms with E-state index in [1.54, 1.807) is 0 Å². The van der Waals surface area contributed by atoms with E-state index in [0.717, 1.165) is 71.2 Å². The molecular formula is C64H102BaO6S2. The van der Waals surface area contributed by atoms with Crippen LogP contribution in [-0.2, 0) is 45.9 Å². The summed E-state index contributed by atoms with van der Waals surface area (Å²) in [6.07, 6.45) is 49.2. The van der Waals surface area contributed by atoms with Gasteiger partial charge in [-0.2, -0.15) is 0 Å². The van der Waals surface area contributed by atoms with Gasteiger partial charge in [0.1, 0.15) is 20.2 Å². The second-order valence-electron chi connectivity index (χ2n) is 21.4. The maximum Gasteiger partial charge on any atom is 2.00 e. The number of hydrogen-bond acceptors (Lipinski definition) is 6. The summed E-state index contributed by atoms with van der Waals surface area (Å²) in [7, 11) is -8.95. The summed E-state index contributed by atoms with van der Waals surface area (Å²) in [6, 6.07) is 19.5. The zero-order valence-electron chi connectivity index (χ0n) is 47.0. The molecule has 0 amide bonds. The first kappa shape index (κ1) is 67.9. The van der Waals surface area contributed by atoms with Crippen molar-refractivity contribution in [3.8, 4) is 0 Å². The molecule has 0 unspecified atom stereocenters. The second-order valence-corrected chi connectivity index (χ2v) is 24.1. The summed E-state index contributed by atoms with van der Waals surface area (Å²) < 4.78 is 71.8. The summed E-state index contributed by atoms with van der Waals surface area (Å²) in [4.78, 5) is -0.0532. The predicted octanol–water partition coefficient (Wildman–Crippen LogP) is 19.4. The Balaban J connectivity index is 0.000000493. The van der Waals surface area contributed by atoms with Crippen LogP contribution in [0.25, 0.3) is 21.5 Å². The third kappa shape index (κ3) is 29.4. The molecule has 4 aromatic rings. The zero-order chi connectivity index (χ0) is 52.1. The Bertz CT molecular complexity index is 2100. The van der Waals surface area contributed by atoms with Crippen LogP contribution in [0.5, 0.6) is 0 Å². The largest absolute Gasteiger partial charge is 2.00 e. The molecule has 4 rings (SSSR count). The summed E-state index contributed by atoms with van der Waals surface area (Å²) in [6.45, 7) is 9.00. The molecule has 408 valence electrons. The molecule has 0 aliphatic carbocycles. The van der Waals surface area contributed by atoms with Crippen LogP contribution in [0.1, 0.15) is 281 Å². The van der Waals surface area contributed by atoms with E-state index < -0.39 is 20.2 Å². The minimum atomic E-state index is -4.48. The van der Waals surface area contributed by atoms with Gasteiger partial charge in [-0.3, -0.25) is 0 Å². The fourth-order valence-corrected chi connectivity index (χ4v) is 12.1. The van der Waals surface area contributed by atoms with Crippen molar-refractivity contribution in [1.82, 2.24) is 0 Å². The van der Waals surface area contributed by atoms with Gasteiger partial charge in [-0.25, -0.2) is 16.8 Å². The van der Waals surface area contributed by atoms with Gasteiger partial charge in [0.2, 0.25) is 0 Å². The van der Waals surface area contributed by atoms with Crippen molar-refractivity contribution in [1.29, 1.82) is 0 Å². The van der Waals surface area contributed by atoms with Gasteiger partial charge >= 0.3 is 48.9 Å². The first-order valence-electron chi connectivity index (χ1n) is 29.9. The van der Waals surface area contributed by atoms with E-state index >= 15 is 0 Å². The number of hydrogen-bond donors (Lipinski definition) is 0. The summed E-state index contributed by atoms with van der Waals surface area (Å²) in [5, 5.41) is 3.98. The van der Waals surface area contributed by atoms with Gasteiger partial charge in [0, 0.05) is 0 Å². The molecule has 0 aromatic heterocycles. The van der Waals surface area contributed by atoms with E-state index in [9.17, 15) is 25.9 Å². The van der Waals surface area contributed by atoms with E-state index in [-0.39, 0.29) is 58.7 Å². The SMILES string of the molecule is CCCCCCCCCCCc1ccc2c(CCCCCCCCCCC)c(S(=O)(=O)[O-])ccc2c1.CCCCCCCCCCCc1ccc2c(CCCCCCCCCCC)c(S(=O)(=O)[O-])ccc2c1.[Ba+2]. The third-order valence-corrected chi connectivity index (χ3v) is 16.9. The topological polar surface area (TPSA) is 114 Å². The Hall–Kier alpha value is -1.21. The van der Waals surface area contributed by atoms with Gasteiger partial charge in [-0.15, -0.1) is 0 Å². The quantitative estimate of drug-likeness (QED) is 0.0248. The van der Waals surface area contributed by atoms with E-state index in [0.29, 0.717) is 12.8 Å². The van der Waals surface area contributed by atoms with Crippen LogP contribution in [0.3, 0.4) is 0 Å². The predicted molar refractivity (Wildman–Crippen MR) is 313 cm³/mol. The number of aryl methyl sites for hydroxylation is 4. The van der Waals surface area contributed by atoms with Crippen molar-refractivity contribution in [3.05, 3.63) is 82.9 Å². The van der Waals surface area contributed by atoms with Crippen molar-refractivity contribution in [2.75, 3.05) is 0 Å². The average Bonchev–Trinajstić information content (AvgIpc) is 3.36. The van der Waals surface area contributed by atoms with Crippen LogP contribution >= 0.6 is 0 Å². The maximum atomic E-state index is 12.0. The van der Waals surface area contributed by atoms with Gasteiger partial charge in [0.15, 0.2) is 0 Å². The number of benzene rings is 4. The van der Waals surface area contributed by atoms with E-state index in [1.165, 1.54) is 229 Å². The van der Waals surface area contributed by atoms with E-state index in [4.69, 9.17) is 0 Å². The van der Waals surface area contributed by atoms with Crippen molar-refractivity contribution in [2.24, 2.45) is 0 Å². The standard InChI is InChI=1S/2C32H52O3S.Ba/c2*1-3-5-7-9-11-13-15-17-19-21-28-23-25-30-29(27-28)24-26-32(36(33,34)35)31(30)22-20-18-16-14-12-10-8-6-4-2;/h2*23-27H,3-22H2,1-2H3,(H,33,34,35);/q;;+2/p-2. The Morgan fingerprint density at radius 2 is 0.534 bits per heavy atom. The van der Waals surface area contributed by atoms with Gasteiger partial charge in [-0.1, -0.05) is 282 Å². The fraction of sp³-hybridized carbons (Fsp3) is 0.688. The van der Waals surface area contributed by atoms with Gasteiger partial charge in [-0.05, 0) is 107 Å². The zero-order valence-corrected chi connectivity index (χ0v) is 53.1. The smallest absolute Gasteiger partial charge is 0.744 e. The van der Waals surface area contributed by atoms with Crippen LogP contribution in [0.2, 0.25) is 0 Å². The molecule has 0 saturated carbocycles. The van der Waals surface area contributed by atoms with Crippen molar-refractivity contribution < 1.29 is 25.9 Å². The first-order chi connectivity index (χ1) is 34.9. The van der Waals surface area contributed by atoms with E-state index in [1.807, 2.05) is 12.1 Å². The normalized spacial score (nSPS) is 11.8. The number of rotatable bonds is 42. The van der Waals surface area contributed by atoms with Crippen LogP contribution in [0, 0.1) is 0 Å². The van der Waals surface area contributed by atoms with Crippen LogP contribution in [0.15, 0.2) is 70.5 Å². The van der Waals surface area contributed by atoms with Crippen LogP contribution in [-0.4, -0.2) is 74.8 Å².